The van der Waals surface area contributed by atoms with Crippen molar-refractivity contribution >= 4 is 50.4 Å². The number of halogens is 2. The molecular weight excluding hydrogens is 410 g/mol. The van der Waals surface area contributed by atoms with Crippen molar-refractivity contribution in [3.05, 3.63) is 64.1 Å². The molecule has 3 aromatic heterocycles. The Bertz CT molecular complexity index is 1080. The molecule has 1 amide bonds. The van der Waals surface area contributed by atoms with Gasteiger partial charge >= 0.3 is 0 Å². The summed E-state index contributed by atoms with van der Waals surface area (Å²) in [7, 11) is 0. The van der Waals surface area contributed by atoms with Crippen molar-refractivity contribution in [2.75, 3.05) is 5.32 Å². The second-order valence-corrected chi connectivity index (χ2v) is 6.44. The highest BCUT2D eigenvalue weighted by atomic mass is 79.9. The van der Waals surface area contributed by atoms with E-state index in [9.17, 15) is 4.79 Å². The van der Waals surface area contributed by atoms with Gasteiger partial charge in [0, 0.05) is 22.4 Å². The number of hydrogen-bond acceptors (Lipinski definition) is 5. The number of nitrogens with one attached hydrogen (secondary N) is 1. The number of aromatic nitrogens is 2. The SMILES string of the molecule is O=C(Nc1ccc(Cl)c(-c2nc3ncc(Br)cc3o2)c1)c1ccco1. The molecule has 1 N–H and O–H groups in total. The van der Waals surface area contributed by atoms with Crippen molar-refractivity contribution in [3.63, 3.8) is 0 Å². The van der Waals surface area contributed by atoms with Crippen molar-refractivity contribution < 1.29 is 13.6 Å². The van der Waals surface area contributed by atoms with Crippen LogP contribution in [0.3, 0.4) is 0 Å². The number of carbonyl (C=O) groups excluding carboxylic acids is 1. The predicted octanol–water partition coefficient (Wildman–Crippen LogP) is 5.15. The normalized spacial score (nSPS) is 11.0. The van der Waals surface area contributed by atoms with Gasteiger partial charge in [-0.1, -0.05) is 11.6 Å². The Morgan fingerprint density at radius 1 is 1.24 bits per heavy atom. The first-order valence-electron chi connectivity index (χ1n) is 7.17. The van der Waals surface area contributed by atoms with Gasteiger partial charge in [0.05, 0.1) is 16.8 Å². The molecule has 124 valence electrons. The van der Waals surface area contributed by atoms with Crippen molar-refractivity contribution in [2.45, 2.75) is 0 Å². The van der Waals surface area contributed by atoms with Crippen LogP contribution < -0.4 is 5.32 Å². The fourth-order valence-electron chi connectivity index (χ4n) is 2.28. The molecular formula is C17H9BrClN3O3. The van der Waals surface area contributed by atoms with Gasteiger partial charge in [0.2, 0.25) is 5.89 Å². The minimum Gasteiger partial charge on any atom is -0.459 e. The van der Waals surface area contributed by atoms with E-state index in [1.54, 1.807) is 42.6 Å². The Morgan fingerprint density at radius 3 is 2.92 bits per heavy atom. The number of rotatable bonds is 3. The molecule has 0 fully saturated rings. The molecule has 0 unspecified atom stereocenters. The summed E-state index contributed by atoms with van der Waals surface area (Å²) in [6, 6.07) is 10.0. The summed E-state index contributed by atoms with van der Waals surface area (Å²) >= 11 is 9.60. The minimum atomic E-state index is -0.360. The second kappa shape index (κ2) is 6.34. The minimum absolute atomic E-state index is 0.215. The molecule has 8 heteroatoms. The molecule has 0 atom stereocenters. The molecule has 6 nitrogen and oxygen atoms in total. The van der Waals surface area contributed by atoms with E-state index in [0.717, 1.165) is 4.47 Å². The maximum absolute atomic E-state index is 12.1. The zero-order valence-electron chi connectivity index (χ0n) is 12.5. The molecule has 25 heavy (non-hydrogen) atoms. The predicted molar refractivity (Wildman–Crippen MR) is 96.6 cm³/mol. The lowest BCUT2D eigenvalue weighted by Crippen LogP contribution is -2.10. The van der Waals surface area contributed by atoms with E-state index < -0.39 is 0 Å². The van der Waals surface area contributed by atoms with Gasteiger partial charge in [0.25, 0.3) is 5.91 Å². The number of benzene rings is 1. The fraction of sp³-hybridized carbons (Fsp3) is 0. The number of fused-ring (bicyclic) bond motifs is 1. The quantitative estimate of drug-likeness (QED) is 0.497. The molecule has 0 radical (unpaired) electrons. The summed E-state index contributed by atoms with van der Waals surface area (Å²) in [6.07, 6.45) is 3.07. The lowest BCUT2D eigenvalue weighted by molar-refractivity contribution is 0.0996. The molecule has 4 rings (SSSR count). The summed E-state index contributed by atoms with van der Waals surface area (Å²) < 4.78 is 11.6. The summed E-state index contributed by atoms with van der Waals surface area (Å²) in [6.45, 7) is 0. The third kappa shape index (κ3) is 3.16. The van der Waals surface area contributed by atoms with E-state index in [2.05, 4.69) is 31.2 Å². The molecule has 0 aliphatic carbocycles. The van der Waals surface area contributed by atoms with Crippen LogP contribution in [0, 0.1) is 0 Å². The third-order valence-electron chi connectivity index (χ3n) is 3.41. The van der Waals surface area contributed by atoms with Crippen LogP contribution in [0.4, 0.5) is 5.69 Å². The van der Waals surface area contributed by atoms with Gasteiger partial charge in [-0.05, 0) is 46.3 Å². The average Bonchev–Trinajstić information content (AvgIpc) is 3.25. The fourth-order valence-corrected chi connectivity index (χ4v) is 2.79. The van der Waals surface area contributed by atoms with E-state index in [-0.39, 0.29) is 11.7 Å². The van der Waals surface area contributed by atoms with Crippen LogP contribution in [0.5, 0.6) is 0 Å². The number of amides is 1. The monoisotopic (exact) mass is 417 g/mol. The van der Waals surface area contributed by atoms with Gasteiger partial charge in [-0.2, -0.15) is 4.98 Å². The maximum Gasteiger partial charge on any atom is 0.291 e. The first kappa shape index (κ1) is 15.9. The van der Waals surface area contributed by atoms with Gasteiger partial charge < -0.3 is 14.2 Å². The van der Waals surface area contributed by atoms with E-state index in [0.29, 0.717) is 33.4 Å². The Hall–Kier alpha value is -2.64. The van der Waals surface area contributed by atoms with E-state index in [1.165, 1.54) is 6.26 Å². The number of pyridine rings is 1. The molecule has 4 aromatic rings. The van der Waals surface area contributed by atoms with Gasteiger partial charge in [-0.3, -0.25) is 4.79 Å². The molecule has 0 aliphatic heterocycles. The van der Waals surface area contributed by atoms with Crippen LogP contribution >= 0.6 is 27.5 Å². The van der Waals surface area contributed by atoms with Crippen molar-refractivity contribution in [1.29, 1.82) is 0 Å². The molecule has 0 saturated carbocycles. The lowest BCUT2D eigenvalue weighted by Gasteiger charge is -2.06. The van der Waals surface area contributed by atoms with Gasteiger partial charge in [-0.25, -0.2) is 4.98 Å². The maximum atomic E-state index is 12.1. The average molecular weight is 419 g/mol. The van der Waals surface area contributed by atoms with Gasteiger partial charge in [0.1, 0.15) is 0 Å². The van der Waals surface area contributed by atoms with E-state index >= 15 is 0 Å². The third-order valence-corrected chi connectivity index (χ3v) is 4.18. The highest BCUT2D eigenvalue weighted by molar-refractivity contribution is 9.10. The standard InChI is InChI=1S/C17H9BrClN3O3/c18-9-6-14-15(20-8-9)22-17(25-14)11-7-10(3-4-12(11)19)21-16(23)13-2-1-5-24-13/h1-8H,(H,21,23). The number of nitrogens with zero attached hydrogens (tertiary/aromatic N) is 2. The first-order valence-corrected chi connectivity index (χ1v) is 8.34. The largest absolute Gasteiger partial charge is 0.459 e. The first-order chi connectivity index (χ1) is 12.1. The van der Waals surface area contributed by atoms with Crippen molar-refractivity contribution in [2.24, 2.45) is 0 Å². The summed E-state index contributed by atoms with van der Waals surface area (Å²) in [5.41, 5.74) is 2.09. The van der Waals surface area contributed by atoms with E-state index in [4.69, 9.17) is 20.4 Å². The zero-order valence-corrected chi connectivity index (χ0v) is 14.8. The van der Waals surface area contributed by atoms with Crippen LogP contribution in [0.1, 0.15) is 10.6 Å². The zero-order chi connectivity index (χ0) is 17.4. The summed E-state index contributed by atoms with van der Waals surface area (Å²) in [5.74, 6) is 0.175. The molecule has 0 spiro atoms. The Morgan fingerprint density at radius 2 is 2.12 bits per heavy atom. The summed E-state index contributed by atoms with van der Waals surface area (Å²) in [5, 5.41) is 3.19. The Balaban J connectivity index is 1.70. The number of furan rings is 1. The number of hydrogen-bond donors (Lipinski definition) is 1. The van der Waals surface area contributed by atoms with Gasteiger partial charge in [0.15, 0.2) is 17.0 Å². The van der Waals surface area contributed by atoms with Crippen LogP contribution in [-0.2, 0) is 0 Å². The molecule has 0 bridgehead atoms. The number of anilines is 1. The van der Waals surface area contributed by atoms with Crippen LogP contribution in [-0.4, -0.2) is 15.9 Å². The molecule has 0 saturated heterocycles. The molecule has 1 aromatic carbocycles. The highest BCUT2D eigenvalue weighted by Crippen LogP contribution is 2.32. The second-order valence-electron chi connectivity index (χ2n) is 5.12. The Labute approximate surface area is 155 Å². The lowest BCUT2D eigenvalue weighted by atomic mass is 10.2. The van der Waals surface area contributed by atoms with E-state index in [1.807, 2.05) is 0 Å². The van der Waals surface area contributed by atoms with Crippen molar-refractivity contribution in [3.8, 4) is 11.5 Å². The van der Waals surface area contributed by atoms with Crippen LogP contribution in [0.2, 0.25) is 5.02 Å². The van der Waals surface area contributed by atoms with Crippen molar-refractivity contribution in [1.82, 2.24) is 9.97 Å². The van der Waals surface area contributed by atoms with Crippen LogP contribution in [0.15, 0.2) is 62.2 Å². The smallest absolute Gasteiger partial charge is 0.291 e. The van der Waals surface area contributed by atoms with Crippen LogP contribution in [0.25, 0.3) is 22.7 Å². The summed E-state index contributed by atoms with van der Waals surface area (Å²) in [4.78, 5) is 20.6. The highest BCUT2D eigenvalue weighted by Gasteiger charge is 2.15. The number of carbonyl (C=O) groups is 1. The molecule has 3 heterocycles. The molecule has 0 aliphatic rings. The van der Waals surface area contributed by atoms with Gasteiger partial charge in [-0.15, -0.1) is 0 Å². The Kier molecular flexibility index (Phi) is 4.03. The number of oxazole rings is 1. The topological polar surface area (TPSA) is 81.2 Å².